The first-order valence-corrected chi connectivity index (χ1v) is 47.1. The lowest BCUT2D eigenvalue weighted by Gasteiger charge is -2.29. The Labute approximate surface area is 859 Å². The van der Waals surface area contributed by atoms with Crippen LogP contribution in [0.15, 0.2) is 388 Å². The molecule has 0 unspecified atom stereocenters. The van der Waals surface area contributed by atoms with Crippen molar-refractivity contribution in [1.82, 2.24) is 0 Å². The van der Waals surface area contributed by atoms with Gasteiger partial charge in [0, 0.05) is 86.5 Å². The number of hydrogen-bond donors (Lipinski definition) is 0. The number of thiocarbonyl (C=S) groups is 1. The molecule has 0 saturated carbocycles. The highest BCUT2D eigenvalue weighted by atomic mass is 127. The molecule has 0 aliphatic carbocycles. The Morgan fingerprint density at radius 1 is 0.409 bits per heavy atom. The van der Waals surface area contributed by atoms with Crippen LogP contribution in [0.4, 0.5) is 39.8 Å². The Balaban J connectivity index is 0.000000139. The Hall–Kier alpha value is -13.5. The van der Waals surface area contributed by atoms with Crippen molar-refractivity contribution in [2.24, 2.45) is 10.2 Å². The molecule has 137 heavy (non-hydrogen) atoms. The number of halogens is 3. The maximum atomic E-state index is 12.6. The van der Waals surface area contributed by atoms with Crippen LogP contribution in [0.1, 0.15) is 94.2 Å². The third-order valence-electron chi connectivity index (χ3n) is 23.0. The summed E-state index contributed by atoms with van der Waals surface area (Å²) in [6, 6.07) is 111. The van der Waals surface area contributed by atoms with Gasteiger partial charge in [-0.1, -0.05) is 248 Å². The van der Waals surface area contributed by atoms with E-state index in [-0.39, 0.29) is 82.7 Å². The number of amides is 3. The van der Waals surface area contributed by atoms with E-state index in [1.54, 1.807) is 16.2 Å². The molecule has 0 N–H and O–H groups in total. The lowest BCUT2D eigenvalue weighted by atomic mass is 10.0. The van der Waals surface area contributed by atoms with Crippen molar-refractivity contribution in [1.29, 1.82) is 0 Å². The molecule has 692 valence electrons. The third-order valence-corrected chi connectivity index (χ3v) is 25.5. The van der Waals surface area contributed by atoms with E-state index in [1.165, 1.54) is 70.5 Å². The van der Waals surface area contributed by atoms with E-state index in [0.717, 1.165) is 142 Å². The number of likely N-dealkylation sites (N-methyl/N-ethyl adjacent to an activating group) is 1. The molecule has 0 spiro atoms. The zero-order chi connectivity index (χ0) is 93.1. The van der Waals surface area contributed by atoms with Crippen molar-refractivity contribution in [3.63, 3.8) is 0 Å². The Morgan fingerprint density at radius 2 is 0.861 bits per heavy atom. The molecule has 3 aromatic heterocycles. The second-order valence-corrected chi connectivity index (χ2v) is 34.5. The minimum absolute atomic E-state index is 0. The van der Waals surface area contributed by atoms with Crippen LogP contribution in [-0.2, 0) is 34.0 Å². The summed E-state index contributed by atoms with van der Waals surface area (Å²) in [5.41, 5.74) is 21.1. The van der Waals surface area contributed by atoms with E-state index in [0.29, 0.717) is 20.4 Å². The standard InChI is InChI=1S/C23H23N2.C19H19N3O.C19H19N2O2.C19H19N2OS.C17H14N2O.C16H11NOS2.BrH.2HI/c1-3-24-20(15-13-18-9-5-7-11-22(18)24)17-21-16-14-19-10-6-8-12-23(19)25(21)4-2;1-14-18(13-15-9-11-16(12-10-15)21(2)3)19(23)22(20-14)17-7-5-4-6-8-17;2*1-3-20-14-9-5-7-11-16(14)22-18(20)13-19-21(4-2)15-10-6-8-12-17(15)23-19;1-13-16(12-14-8-4-2-5-9-14)17(20)19(18-13)15-10-6-3-7-11-15;18-15-14(11-12-7-3-1-4-8-12)20-16(19)17(15)13-9-5-2-6-10-13;;;/h5-17H,3-4H2,1-2H3;4-13H,1-3H3;2*5-13H,3-4H2,1-2H3;2-12H,1H3;1-11H;3*1H/q+1;;2*+1;;;;;/p-3/b;18-13-;;;16-12-;14-11+;;;. The molecule has 15 aromatic rings. The summed E-state index contributed by atoms with van der Waals surface area (Å²) in [4.78, 5) is 48.6. The first-order valence-electron chi connectivity index (χ1n) is 45.1. The molecule has 1 saturated heterocycles. The van der Waals surface area contributed by atoms with Crippen molar-refractivity contribution in [2.75, 3.05) is 68.2 Å². The summed E-state index contributed by atoms with van der Waals surface area (Å²) in [7, 11) is 4.00. The number of nitrogens with zero attached hydrogens (tertiary/aromatic N) is 12. The molecule has 0 atom stereocenters. The molecule has 0 bridgehead atoms. The molecule has 6 aliphatic heterocycles. The van der Waals surface area contributed by atoms with Gasteiger partial charge < -0.3 is 98.4 Å². The maximum Gasteiger partial charge on any atom is 0.379 e. The number of thioether (sulfide) groups is 1. The van der Waals surface area contributed by atoms with E-state index in [1.807, 2.05) is 282 Å². The van der Waals surface area contributed by atoms with Crippen molar-refractivity contribution in [2.45, 2.75) is 75.0 Å². The Bertz CT molecular complexity index is 6980. The van der Waals surface area contributed by atoms with E-state index in [4.69, 9.17) is 26.1 Å². The number of fused-ring (bicyclic) bond motifs is 6. The average Bonchev–Trinajstić information content (AvgIpc) is 1.76. The van der Waals surface area contributed by atoms with Crippen molar-refractivity contribution < 1.29 is 107 Å². The number of hydrogen-bond acceptors (Lipinski definition) is 15. The van der Waals surface area contributed by atoms with Gasteiger partial charge in [0.15, 0.2) is 15.8 Å². The van der Waals surface area contributed by atoms with Crippen LogP contribution in [0, 0.1) is 0 Å². The number of hydrazone groups is 2. The summed E-state index contributed by atoms with van der Waals surface area (Å²) >= 11 is 8.47. The molecule has 24 heteroatoms. The number of thiazole rings is 1. The summed E-state index contributed by atoms with van der Waals surface area (Å²) in [6.07, 6.45) is 16.5. The molecular formula is C113H105BrI2N12O6S3. The van der Waals surface area contributed by atoms with Crippen LogP contribution >= 0.6 is 35.3 Å². The van der Waals surface area contributed by atoms with Crippen LogP contribution in [0.25, 0.3) is 74.8 Å². The molecule has 0 radical (unpaired) electrons. The number of aromatic nitrogens is 3. The van der Waals surface area contributed by atoms with Gasteiger partial charge in [-0.2, -0.15) is 33.9 Å². The summed E-state index contributed by atoms with van der Waals surface area (Å²) in [5, 5.41) is 14.1. The smallest absolute Gasteiger partial charge is 0.379 e. The van der Waals surface area contributed by atoms with Crippen molar-refractivity contribution in [3.05, 3.63) is 412 Å². The molecule has 3 amide bonds. The van der Waals surface area contributed by atoms with E-state index < -0.39 is 0 Å². The number of anilines is 7. The number of carbonyl (C=O) groups excluding carboxylic acids is 3. The summed E-state index contributed by atoms with van der Waals surface area (Å²) in [6.45, 7) is 22.1. The van der Waals surface area contributed by atoms with Gasteiger partial charge in [-0.3, -0.25) is 19.3 Å². The zero-order valence-electron chi connectivity index (χ0n) is 77.8. The quantitative estimate of drug-likeness (QED) is 0.0393. The second-order valence-electron chi connectivity index (χ2n) is 31.7. The number of para-hydroxylation sites is 12. The number of benzene rings is 12. The van der Waals surface area contributed by atoms with E-state index in [9.17, 15) is 14.4 Å². The topological polar surface area (TPSA) is 142 Å². The van der Waals surface area contributed by atoms with Crippen molar-refractivity contribution >= 4 is 183 Å². The molecule has 1 fully saturated rings. The predicted octanol–water partition coefficient (Wildman–Crippen LogP) is 15.6. The third kappa shape index (κ3) is 23.3. The minimum Gasteiger partial charge on any atom is -1.00 e. The number of pyridine rings is 1. The minimum atomic E-state index is -0.0922. The number of ether oxygens (including phenoxy) is 2. The second kappa shape index (κ2) is 47.8. The van der Waals surface area contributed by atoms with Gasteiger partial charge in [0.2, 0.25) is 34.1 Å². The Kier molecular flexibility index (Phi) is 35.2. The number of carbonyl (C=O) groups is 3. The largest absolute Gasteiger partial charge is 1.00 e. The van der Waals surface area contributed by atoms with Crippen LogP contribution in [0.2, 0.25) is 0 Å². The van der Waals surface area contributed by atoms with Gasteiger partial charge in [-0.15, -0.1) is 0 Å². The highest BCUT2D eigenvalue weighted by Gasteiger charge is 2.36. The molecule has 6 aliphatic rings. The van der Waals surface area contributed by atoms with Gasteiger partial charge in [0.25, 0.3) is 28.2 Å². The van der Waals surface area contributed by atoms with Gasteiger partial charge >= 0.3 is 5.89 Å². The van der Waals surface area contributed by atoms with E-state index >= 15 is 0 Å². The highest BCUT2D eigenvalue weighted by molar-refractivity contribution is 8.27. The fourth-order valence-corrected chi connectivity index (χ4v) is 18.9. The molecular weight excluding hydrogens is 2050 g/mol. The van der Waals surface area contributed by atoms with Gasteiger partial charge in [-0.05, 0) is 205 Å². The number of rotatable bonds is 16. The molecule has 12 aromatic carbocycles. The SMILES string of the molecule is CC1=NN(c2ccccc2)C(=O)/C1=C\c1ccc(N(C)C)cc1.CC1=NN(c2ccccc2)C(=O)/C1=C\c1ccccc1.CCN1/C(=C/c2ccc3ccccc3[n+]2CC)C=Cc2ccccc21.CCN1/C(=C/c2oc3ccccc3[n+]2CC)Oc2ccccc21.CCN1C(=Cc2sc3ccccc3[n+]2CC)Oc2ccccc21.O=C1/C(=C\c2ccccc2)SC(=S)N1c1ccccc1.[Br-].[I-].[I-]. The summed E-state index contributed by atoms with van der Waals surface area (Å²) < 4.78 is 26.9. The normalized spacial score (nSPS) is 15.4. The Morgan fingerprint density at radius 3 is 1.40 bits per heavy atom. The predicted molar refractivity (Wildman–Crippen MR) is 558 cm³/mol. The monoisotopic (exact) mass is 2150 g/mol. The van der Waals surface area contributed by atoms with Gasteiger partial charge in [0.05, 0.1) is 62.0 Å². The number of aryl methyl sites for hydroxylation is 3. The van der Waals surface area contributed by atoms with Gasteiger partial charge in [-0.25, -0.2) is 0 Å². The number of allylic oxidation sites excluding steroid dienone is 1. The van der Waals surface area contributed by atoms with Crippen molar-refractivity contribution in [3.8, 4) is 11.5 Å². The maximum absolute atomic E-state index is 12.6. The first-order chi connectivity index (χ1) is 65.5. The molecule has 9 heterocycles. The van der Waals surface area contributed by atoms with Gasteiger partial charge in [0.1, 0.15) is 30.4 Å². The average molecular weight is 2160 g/mol. The lowest BCUT2D eigenvalue weighted by molar-refractivity contribution is -0.674. The molecule has 18 nitrogen and oxygen atoms in total. The van der Waals surface area contributed by atoms with Crippen LogP contribution in [-0.4, -0.2) is 67.2 Å². The highest BCUT2D eigenvalue weighted by Crippen LogP contribution is 2.42. The van der Waals surface area contributed by atoms with Crippen LogP contribution < -0.4 is 123 Å². The number of oxazole rings is 1. The first kappa shape index (κ1) is 101. The fraction of sp³-hybridized carbons (Fsp3) is 0.142. The molecule has 21 rings (SSSR count). The summed E-state index contributed by atoms with van der Waals surface area (Å²) in [5.74, 6) is 4.09. The fourth-order valence-electron chi connectivity index (χ4n) is 16.4. The van der Waals surface area contributed by atoms with E-state index in [2.05, 4.69) is 214 Å². The zero-order valence-corrected chi connectivity index (χ0v) is 86.1. The van der Waals surface area contributed by atoms with Crippen LogP contribution in [0.5, 0.6) is 11.5 Å². The van der Waals surface area contributed by atoms with Crippen LogP contribution in [0.3, 0.4) is 0 Å². The lowest BCUT2D eigenvalue weighted by Crippen LogP contribution is -3.00.